The zero-order valence-electron chi connectivity index (χ0n) is 8.95. The quantitative estimate of drug-likeness (QED) is 0.683. The lowest BCUT2D eigenvalue weighted by molar-refractivity contribution is -0.143. The highest BCUT2D eigenvalue weighted by atomic mass is 16.3. The third-order valence-corrected chi connectivity index (χ3v) is 1.90. The second kappa shape index (κ2) is 4.77. The minimum atomic E-state index is -1.54. The second-order valence-electron chi connectivity index (χ2n) is 3.33. The Morgan fingerprint density at radius 2 is 1.93 bits per heavy atom. The topological polar surface area (TPSA) is 40.5 Å². The van der Waals surface area contributed by atoms with Gasteiger partial charge in [-0.25, -0.2) is 0 Å². The van der Waals surface area contributed by atoms with Crippen LogP contribution in [-0.4, -0.2) is 35.6 Å². The Kier molecular flexibility index (Phi) is 4.31. The highest BCUT2D eigenvalue weighted by Crippen LogP contribution is 2.19. The van der Waals surface area contributed by atoms with Crippen molar-refractivity contribution >= 4 is 5.91 Å². The highest BCUT2D eigenvalue weighted by Gasteiger charge is 2.34. The second-order valence-corrected chi connectivity index (χ2v) is 3.33. The lowest BCUT2D eigenvalue weighted by atomic mass is 9.94. The molecule has 0 aromatic heterocycles. The van der Waals surface area contributed by atoms with Gasteiger partial charge in [0.25, 0.3) is 5.91 Å². The fraction of sp³-hybridized carbons (Fsp3) is 0.364. The van der Waals surface area contributed by atoms with Crippen LogP contribution in [0.25, 0.3) is 0 Å². The normalized spacial score (nSPS) is 15.6. The molecule has 14 heavy (non-hydrogen) atoms. The molecule has 0 fully saturated rings. The van der Waals surface area contributed by atoms with Gasteiger partial charge in [-0.2, -0.15) is 0 Å². The van der Waals surface area contributed by atoms with Gasteiger partial charge < -0.3 is 10.0 Å². The molecule has 0 aromatic rings. The van der Waals surface area contributed by atoms with Crippen LogP contribution in [0.3, 0.4) is 0 Å². The van der Waals surface area contributed by atoms with Crippen molar-refractivity contribution in [1.29, 1.82) is 0 Å². The van der Waals surface area contributed by atoms with Gasteiger partial charge in [-0.15, -0.1) is 0 Å². The van der Waals surface area contributed by atoms with E-state index >= 15 is 0 Å². The summed E-state index contributed by atoms with van der Waals surface area (Å²) in [5.74, 6) is -0.384. The van der Waals surface area contributed by atoms with Gasteiger partial charge in [0.05, 0.1) is 0 Å². The number of carbonyl (C=O) groups excluding carboxylic acids is 1. The summed E-state index contributed by atoms with van der Waals surface area (Å²) in [7, 11) is 3.18. The van der Waals surface area contributed by atoms with Crippen molar-refractivity contribution in [2.24, 2.45) is 0 Å². The monoisotopic (exact) mass is 195 g/mol. The molecule has 1 unspecified atom stereocenters. The number of rotatable bonds is 4. The molecule has 0 saturated carbocycles. The van der Waals surface area contributed by atoms with Crippen molar-refractivity contribution in [3.8, 4) is 0 Å². The fourth-order valence-corrected chi connectivity index (χ4v) is 1.11. The molecule has 0 aromatic carbocycles. The number of amides is 1. The van der Waals surface area contributed by atoms with Crippen LogP contribution in [0.1, 0.15) is 6.92 Å². The standard InChI is InChI=1S/C11H17NO2/c1-6-8-9(7-2)11(3,14)10(13)12(4)5/h6-8,14H,1-2H2,3-5H3/b9-8+. The van der Waals surface area contributed by atoms with Gasteiger partial charge in [-0.05, 0) is 12.5 Å². The van der Waals surface area contributed by atoms with E-state index in [1.807, 2.05) is 0 Å². The van der Waals surface area contributed by atoms with E-state index < -0.39 is 5.60 Å². The number of aliphatic hydroxyl groups is 1. The number of allylic oxidation sites excluding steroid dienone is 2. The molecule has 0 heterocycles. The number of hydrogen-bond donors (Lipinski definition) is 1. The zero-order valence-corrected chi connectivity index (χ0v) is 8.95. The maximum Gasteiger partial charge on any atom is 0.258 e. The Morgan fingerprint density at radius 1 is 1.43 bits per heavy atom. The Bertz CT molecular complexity index is 275. The van der Waals surface area contributed by atoms with Crippen LogP contribution in [0.15, 0.2) is 37.0 Å². The summed E-state index contributed by atoms with van der Waals surface area (Å²) >= 11 is 0. The molecule has 0 rings (SSSR count). The average Bonchev–Trinajstić information content (AvgIpc) is 2.12. The van der Waals surface area contributed by atoms with E-state index in [9.17, 15) is 9.90 Å². The van der Waals surface area contributed by atoms with Gasteiger partial charge >= 0.3 is 0 Å². The number of hydrogen-bond acceptors (Lipinski definition) is 2. The van der Waals surface area contributed by atoms with Crippen LogP contribution in [0, 0.1) is 0 Å². The summed E-state index contributed by atoms with van der Waals surface area (Å²) in [5, 5.41) is 9.97. The third-order valence-electron chi connectivity index (χ3n) is 1.90. The molecule has 0 radical (unpaired) electrons. The smallest absolute Gasteiger partial charge is 0.258 e. The number of nitrogens with zero attached hydrogens (tertiary/aromatic N) is 1. The molecule has 0 spiro atoms. The SMILES string of the molecule is C=C/C=C(\C=C)C(C)(O)C(=O)N(C)C. The minimum absolute atomic E-state index is 0.384. The summed E-state index contributed by atoms with van der Waals surface area (Å²) in [4.78, 5) is 12.9. The van der Waals surface area contributed by atoms with Crippen LogP contribution < -0.4 is 0 Å². The molecule has 3 nitrogen and oxygen atoms in total. The van der Waals surface area contributed by atoms with E-state index in [0.717, 1.165) is 0 Å². The molecule has 1 N–H and O–H groups in total. The third kappa shape index (κ3) is 2.57. The van der Waals surface area contributed by atoms with Crippen molar-refractivity contribution in [2.75, 3.05) is 14.1 Å². The molecule has 3 heteroatoms. The van der Waals surface area contributed by atoms with E-state index in [4.69, 9.17) is 0 Å². The Balaban J connectivity index is 5.10. The molecule has 0 saturated heterocycles. The van der Waals surface area contributed by atoms with E-state index in [-0.39, 0.29) is 5.91 Å². The van der Waals surface area contributed by atoms with Crippen LogP contribution >= 0.6 is 0 Å². The maximum absolute atomic E-state index is 11.6. The molecular formula is C11H17NO2. The molecule has 1 atom stereocenters. The van der Waals surface area contributed by atoms with E-state index in [0.29, 0.717) is 5.57 Å². The summed E-state index contributed by atoms with van der Waals surface area (Å²) in [6.07, 6.45) is 4.52. The molecule has 0 aliphatic rings. The first-order valence-electron chi connectivity index (χ1n) is 4.27. The maximum atomic E-state index is 11.6. The van der Waals surface area contributed by atoms with Crippen LogP contribution in [0.5, 0.6) is 0 Å². The summed E-state index contributed by atoms with van der Waals surface area (Å²) < 4.78 is 0. The van der Waals surface area contributed by atoms with Crippen molar-refractivity contribution in [3.63, 3.8) is 0 Å². The van der Waals surface area contributed by atoms with Gasteiger partial charge in [-0.3, -0.25) is 4.79 Å². The van der Waals surface area contributed by atoms with Gasteiger partial charge in [-0.1, -0.05) is 31.4 Å². The van der Waals surface area contributed by atoms with Crippen molar-refractivity contribution < 1.29 is 9.90 Å². The van der Waals surface area contributed by atoms with E-state index in [2.05, 4.69) is 13.2 Å². The first kappa shape index (κ1) is 12.7. The Hall–Kier alpha value is -1.35. The zero-order chi connectivity index (χ0) is 11.4. The van der Waals surface area contributed by atoms with Crippen molar-refractivity contribution in [1.82, 2.24) is 4.90 Å². The summed E-state index contributed by atoms with van der Waals surface area (Å²) in [5.41, 5.74) is -1.11. The van der Waals surface area contributed by atoms with Gasteiger partial charge in [0, 0.05) is 14.1 Å². The Labute approximate surface area is 85.0 Å². The number of likely N-dealkylation sites (N-methyl/N-ethyl adjacent to an activating group) is 1. The van der Waals surface area contributed by atoms with Gasteiger partial charge in [0.15, 0.2) is 5.60 Å². The number of carbonyl (C=O) groups is 1. The largest absolute Gasteiger partial charge is 0.376 e. The molecule has 0 aliphatic heterocycles. The van der Waals surface area contributed by atoms with Gasteiger partial charge in [0.2, 0.25) is 0 Å². The van der Waals surface area contributed by atoms with Crippen molar-refractivity contribution in [2.45, 2.75) is 12.5 Å². The highest BCUT2D eigenvalue weighted by molar-refractivity contribution is 5.88. The predicted octanol–water partition coefficient (Wildman–Crippen LogP) is 1.12. The first-order valence-corrected chi connectivity index (χ1v) is 4.27. The Morgan fingerprint density at radius 3 is 2.21 bits per heavy atom. The van der Waals surface area contributed by atoms with E-state index in [1.54, 1.807) is 20.2 Å². The van der Waals surface area contributed by atoms with Crippen LogP contribution in [0.4, 0.5) is 0 Å². The minimum Gasteiger partial charge on any atom is -0.376 e. The fourth-order valence-electron chi connectivity index (χ4n) is 1.11. The molecule has 1 amide bonds. The molecular weight excluding hydrogens is 178 g/mol. The van der Waals surface area contributed by atoms with Crippen LogP contribution in [-0.2, 0) is 4.79 Å². The first-order chi connectivity index (χ1) is 6.37. The lowest BCUT2D eigenvalue weighted by Gasteiger charge is -2.26. The molecule has 0 bridgehead atoms. The van der Waals surface area contributed by atoms with Gasteiger partial charge in [0.1, 0.15) is 0 Å². The predicted molar refractivity (Wildman–Crippen MR) is 57.8 cm³/mol. The van der Waals surface area contributed by atoms with Crippen molar-refractivity contribution in [3.05, 3.63) is 37.0 Å². The summed E-state index contributed by atoms with van der Waals surface area (Å²) in [6, 6.07) is 0. The molecule has 78 valence electrons. The summed E-state index contributed by atoms with van der Waals surface area (Å²) in [6.45, 7) is 8.48. The average molecular weight is 195 g/mol. The van der Waals surface area contributed by atoms with E-state index in [1.165, 1.54) is 24.0 Å². The van der Waals surface area contributed by atoms with Crippen LogP contribution in [0.2, 0.25) is 0 Å². The lowest BCUT2D eigenvalue weighted by Crippen LogP contribution is -2.44. The molecule has 0 aliphatic carbocycles.